The molecule has 0 fully saturated rings. The molecule has 0 saturated carbocycles. The predicted molar refractivity (Wildman–Crippen MR) is 73.2 cm³/mol. The molecule has 0 saturated heterocycles. The van der Waals surface area contributed by atoms with Crippen molar-refractivity contribution in [1.82, 2.24) is 20.2 Å². The first kappa shape index (κ1) is 11.5. The molecule has 3 rings (SSSR count). The Labute approximate surface area is 111 Å². The van der Waals surface area contributed by atoms with E-state index in [4.69, 9.17) is 0 Å². The molecule has 0 aliphatic carbocycles. The standard InChI is InChI=1S/C15H12N4/c1-11-7-8-14(19-18-11)15-16-9-13(10-17-15)12-5-3-2-4-6-12/h2-10H,1H3. The zero-order valence-corrected chi connectivity index (χ0v) is 10.5. The number of rotatable bonds is 2. The van der Waals surface area contributed by atoms with Crippen LogP contribution < -0.4 is 0 Å². The molecule has 19 heavy (non-hydrogen) atoms. The second kappa shape index (κ2) is 4.94. The van der Waals surface area contributed by atoms with Crippen molar-refractivity contribution in [2.45, 2.75) is 6.92 Å². The van der Waals surface area contributed by atoms with Crippen LogP contribution in [0.1, 0.15) is 5.69 Å². The molecule has 0 unspecified atom stereocenters. The predicted octanol–water partition coefficient (Wildman–Crippen LogP) is 2.91. The molecule has 0 atom stereocenters. The van der Waals surface area contributed by atoms with E-state index in [9.17, 15) is 0 Å². The van der Waals surface area contributed by atoms with Crippen molar-refractivity contribution in [2.24, 2.45) is 0 Å². The molecular formula is C15H12N4. The van der Waals surface area contributed by atoms with Crippen molar-refractivity contribution < 1.29 is 0 Å². The summed E-state index contributed by atoms with van der Waals surface area (Å²) in [5.41, 5.74) is 3.66. The molecule has 4 nitrogen and oxygen atoms in total. The quantitative estimate of drug-likeness (QED) is 0.699. The second-order valence-corrected chi connectivity index (χ2v) is 4.22. The zero-order chi connectivity index (χ0) is 13.1. The van der Waals surface area contributed by atoms with Crippen LogP contribution in [0, 0.1) is 6.92 Å². The highest BCUT2D eigenvalue weighted by Gasteiger charge is 2.04. The SMILES string of the molecule is Cc1ccc(-c2ncc(-c3ccccc3)cn2)nn1. The number of hydrogen-bond donors (Lipinski definition) is 0. The molecule has 0 bridgehead atoms. The van der Waals surface area contributed by atoms with Crippen LogP contribution in [-0.2, 0) is 0 Å². The molecule has 92 valence electrons. The Morgan fingerprint density at radius 1 is 0.737 bits per heavy atom. The first-order chi connectivity index (χ1) is 9.33. The number of aryl methyl sites for hydroxylation is 1. The van der Waals surface area contributed by atoms with Crippen LogP contribution in [0.15, 0.2) is 54.9 Å². The zero-order valence-electron chi connectivity index (χ0n) is 10.5. The van der Waals surface area contributed by atoms with Gasteiger partial charge in [-0.3, -0.25) is 0 Å². The van der Waals surface area contributed by atoms with Crippen LogP contribution in [0.25, 0.3) is 22.6 Å². The van der Waals surface area contributed by atoms with Crippen molar-refractivity contribution in [2.75, 3.05) is 0 Å². The van der Waals surface area contributed by atoms with E-state index in [0.717, 1.165) is 16.8 Å². The largest absolute Gasteiger partial charge is 0.235 e. The molecule has 3 aromatic rings. The lowest BCUT2D eigenvalue weighted by atomic mass is 10.1. The summed E-state index contributed by atoms with van der Waals surface area (Å²) in [5.74, 6) is 0.590. The molecule has 2 heterocycles. The van der Waals surface area contributed by atoms with E-state index in [2.05, 4.69) is 20.2 Å². The topological polar surface area (TPSA) is 51.6 Å². The third-order valence-corrected chi connectivity index (χ3v) is 2.79. The second-order valence-electron chi connectivity index (χ2n) is 4.22. The molecule has 0 N–H and O–H groups in total. The maximum Gasteiger partial charge on any atom is 0.180 e. The van der Waals surface area contributed by atoms with E-state index in [1.54, 1.807) is 12.4 Å². The average Bonchev–Trinajstić information content (AvgIpc) is 2.49. The minimum Gasteiger partial charge on any atom is -0.235 e. The van der Waals surface area contributed by atoms with Crippen LogP contribution in [0.2, 0.25) is 0 Å². The van der Waals surface area contributed by atoms with Crippen LogP contribution in [0.5, 0.6) is 0 Å². The Kier molecular flexibility index (Phi) is 2.98. The summed E-state index contributed by atoms with van der Waals surface area (Å²) >= 11 is 0. The number of aromatic nitrogens is 4. The van der Waals surface area contributed by atoms with Gasteiger partial charge in [0, 0.05) is 18.0 Å². The van der Waals surface area contributed by atoms with Gasteiger partial charge in [-0.15, -0.1) is 5.10 Å². The van der Waals surface area contributed by atoms with E-state index in [1.165, 1.54) is 0 Å². The molecule has 0 spiro atoms. The molecule has 1 aromatic carbocycles. The van der Waals surface area contributed by atoms with Gasteiger partial charge < -0.3 is 0 Å². The summed E-state index contributed by atoms with van der Waals surface area (Å²) < 4.78 is 0. The van der Waals surface area contributed by atoms with Crippen molar-refractivity contribution >= 4 is 0 Å². The molecular weight excluding hydrogens is 236 g/mol. The summed E-state index contributed by atoms with van der Waals surface area (Å²) in [7, 11) is 0. The summed E-state index contributed by atoms with van der Waals surface area (Å²) in [6.07, 6.45) is 3.61. The third-order valence-electron chi connectivity index (χ3n) is 2.79. The van der Waals surface area contributed by atoms with Crippen LogP contribution in [0.3, 0.4) is 0 Å². The van der Waals surface area contributed by atoms with E-state index in [1.807, 2.05) is 49.4 Å². The fraction of sp³-hybridized carbons (Fsp3) is 0.0667. The normalized spacial score (nSPS) is 10.4. The highest BCUT2D eigenvalue weighted by atomic mass is 15.1. The smallest absolute Gasteiger partial charge is 0.180 e. The maximum atomic E-state index is 4.34. The first-order valence-electron chi connectivity index (χ1n) is 6.01. The monoisotopic (exact) mass is 248 g/mol. The summed E-state index contributed by atoms with van der Waals surface area (Å²) in [6, 6.07) is 13.8. The lowest BCUT2D eigenvalue weighted by Crippen LogP contribution is -1.94. The van der Waals surface area contributed by atoms with Gasteiger partial charge in [0.05, 0.1) is 5.69 Å². The third kappa shape index (κ3) is 2.47. The van der Waals surface area contributed by atoms with Gasteiger partial charge in [-0.25, -0.2) is 9.97 Å². The number of hydrogen-bond acceptors (Lipinski definition) is 4. The average molecular weight is 248 g/mol. The van der Waals surface area contributed by atoms with Gasteiger partial charge in [0.1, 0.15) is 5.69 Å². The summed E-state index contributed by atoms with van der Waals surface area (Å²) in [5, 5.41) is 8.08. The van der Waals surface area contributed by atoms with Gasteiger partial charge in [0.25, 0.3) is 0 Å². The molecule has 0 amide bonds. The molecule has 0 aliphatic rings. The molecule has 0 radical (unpaired) electrons. The molecule has 2 aromatic heterocycles. The maximum absolute atomic E-state index is 4.34. The van der Waals surface area contributed by atoms with Crippen LogP contribution in [0.4, 0.5) is 0 Å². The lowest BCUT2D eigenvalue weighted by molar-refractivity contribution is 0.970. The summed E-state index contributed by atoms with van der Waals surface area (Å²) in [4.78, 5) is 8.68. The Balaban J connectivity index is 1.93. The van der Waals surface area contributed by atoms with Gasteiger partial charge >= 0.3 is 0 Å². The van der Waals surface area contributed by atoms with Crippen molar-refractivity contribution in [3.8, 4) is 22.6 Å². The van der Waals surface area contributed by atoms with Crippen molar-refractivity contribution in [1.29, 1.82) is 0 Å². The Hall–Kier alpha value is -2.62. The van der Waals surface area contributed by atoms with Gasteiger partial charge in [0.15, 0.2) is 5.82 Å². The fourth-order valence-electron chi connectivity index (χ4n) is 1.76. The van der Waals surface area contributed by atoms with Crippen LogP contribution in [-0.4, -0.2) is 20.2 Å². The number of benzene rings is 1. The Bertz CT molecular complexity index is 661. The fourth-order valence-corrected chi connectivity index (χ4v) is 1.76. The lowest BCUT2D eigenvalue weighted by Gasteiger charge is -2.02. The minimum atomic E-state index is 0.590. The molecule has 0 aliphatic heterocycles. The van der Waals surface area contributed by atoms with E-state index in [0.29, 0.717) is 11.5 Å². The van der Waals surface area contributed by atoms with Crippen LogP contribution >= 0.6 is 0 Å². The van der Waals surface area contributed by atoms with Gasteiger partial charge in [-0.1, -0.05) is 30.3 Å². The van der Waals surface area contributed by atoms with E-state index in [-0.39, 0.29) is 0 Å². The number of nitrogens with zero attached hydrogens (tertiary/aromatic N) is 4. The van der Waals surface area contributed by atoms with Gasteiger partial charge in [-0.05, 0) is 24.6 Å². The summed E-state index contributed by atoms with van der Waals surface area (Å²) in [6.45, 7) is 1.90. The first-order valence-corrected chi connectivity index (χ1v) is 6.01. The Morgan fingerprint density at radius 2 is 1.47 bits per heavy atom. The van der Waals surface area contributed by atoms with Gasteiger partial charge in [0.2, 0.25) is 0 Å². The van der Waals surface area contributed by atoms with Crippen molar-refractivity contribution in [3.63, 3.8) is 0 Å². The van der Waals surface area contributed by atoms with Gasteiger partial charge in [-0.2, -0.15) is 5.10 Å². The minimum absolute atomic E-state index is 0.590. The van der Waals surface area contributed by atoms with E-state index < -0.39 is 0 Å². The van der Waals surface area contributed by atoms with E-state index >= 15 is 0 Å². The highest BCUT2D eigenvalue weighted by Crippen LogP contribution is 2.18. The highest BCUT2D eigenvalue weighted by molar-refractivity contribution is 5.62. The molecule has 4 heteroatoms. The Morgan fingerprint density at radius 3 is 2.11 bits per heavy atom. The van der Waals surface area contributed by atoms with Crippen molar-refractivity contribution in [3.05, 3.63) is 60.6 Å².